The normalized spacial score (nSPS) is 14.5. The number of Topliss-reactive ketones (excluding diaryl/α,β-unsaturated/α-hetero) is 1. The van der Waals surface area contributed by atoms with Crippen LogP contribution in [0.15, 0.2) is 11.3 Å². The number of hydrogen-bond donors (Lipinski definition) is 0. The first-order valence-electron chi connectivity index (χ1n) is 4.78. The van der Waals surface area contributed by atoms with Gasteiger partial charge in [-0.05, 0) is 17.5 Å². The topological polar surface area (TPSA) is 17.1 Å². The van der Waals surface area contributed by atoms with Gasteiger partial charge in [-0.15, -0.1) is 0 Å². The second kappa shape index (κ2) is 3.78. The molecule has 0 spiro atoms. The zero-order chi connectivity index (χ0) is 10.9. The Morgan fingerprint density at radius 2 is 1.54 bits per heavy atom. The molecule has 0 amide bonds. The lowest BCUT2D eigenvalue weighted by Crippen LogP contribution is -2.29. The highest BCUT2D eigenvalue weighted by Gasteiger charge is 2.24. The van der Waals surface area contributed by atoms with E-state index in [0.29, 0.717) is 0 Å². The van der Waals surface area contributed by atoms with Gasteiger partial charge in [0.05, 0.1) is 8.07 Å². The SMILES string of the molecule is CC(=O)/C(=C\C(C)(C)C)[Si](C)(C)C. The molecule has 0 aromatic carbocycles. The van der Waals surface area contributed by atoms with Crippen molar-refractivity contribution in [2.75, 3.05) is 0 Å². The third kappa shape index (κ3) is 5.04. The van der Waals surface area contributed by atoms with Crippen LogP contribution in [0, 0.1) is 5.41 Å². The standard InChI is InChI=1S/C11H22OSi/c1-9(12)10(13(5,6)7)8-11(2,3)4/h8H,1-7H3/b10-8+. The van der Waals surface area contributed by atoms with Gasteiger partial charge in [0, 0.05) is 0 Å². The molecule has 0 aromatic heterocycles. The second-order valence-corrected chi connectivity index (χ2v) is 10.8. The minimum absolute atomic E-state index is 0.112. The molecule has 0 aromatic rings. The summed E-state index contributed by atoms with van der Waals surface area (Å²) in [7, 11) is -1.45. The summed E-state index contributed by atoms with van der Waals surface area (Å²) in [6.45, 7) is 14.7. The lowest BCUT2D eigenvalue weighted by molar-refractivity contribution is -0.113. The molecule has 2 heteroatoms. The average molecular weight is 198 g/mol. The van der Waals surface area contributed by atoms with Crippen LogP contribution in [0.1, 0.15) is 27.7 Å². The second-order valence-electron chi connectivity index (χ2n) is 5.73. The predicted octanol–water partition coefficient (Wildman–Crippen LogP) is 3.43. The van der Waals surface area contributed by atoms with E-state index >= 15 is 0 Å². The van der Waals surface area contributed by atoms with E-state index in [0.717, 1.165) is 5.20 Å². The minimum atomic E-state index is -1.45. The van der Waals surface area contributed by atoms with E-state index in [9.17, 15) is 4.79 Å². The lowest BCUT2D eigenvalue weighted by atomic mass is 9.96. The Morgan fingerprint density at radius 3 is 1.62 bits per heavy atom. The monoisotopic (exact) mass is 198 g/mol. The highest BCUT2D eigenvalue weighted by molar-refractivity contribution is 6.87. The third-order valence-electron chi connectivity index (χ3n) is 1.76. The molecule has 0 fully saturated rings. The highest BCUT2D eigenvalue weighted by atomic mass is 28.3. The number of ketones is 1. The average Bonchev–Trinajstić information content (AvgIpc) is 1.77. The first-order chi connectivity index (χ1) is 5.54. The van der Waals surface area contributed by atoms with E-state index in [1.54, 1.807) is 6.92 Å². The largest absolute Gasteiger partial charge is 0.295 e. The van der Waals surface area contributed by atoms with Gasteiger partial charge in [-0.2, -0.15) is 0 Å². The van der Waals surface area contributed by atoms with Gasteiger partial charge in [-0.1, -0.05) is 46.5 Å². The van der Waals surface area contributed by atoms with Gasteiger partial charge < -0.3 is 0 Å². The van der Waals surface area contributed by atoms with E-state index in [2.05, 4.69) is 46.5 Å². The van der Waals surface area contributed by atoms with Crippen LogP contribution >= 0.6 is 0 Å². The quantitative estimate of drug-likeness (QED) is 0.491. The molecule has 76 valence electrons. The molecular formula is C11H22OSi. The molecule has 0 atom stereocenters. The van der Waals surface area contributed by atoms with Crippen LogP contribution in [-0.4, -0.2) is 13.9 Å². The maximum Gasteiger partial charge on any atom is 0.151 e. The van der Waals surface area contributed by atoms with Gasteiger partial charge in [-0.25, -0.2) is 0 Å². The zero-order valence-corrected chi connectivity index (χ0v) is 11.0. The number of rotatable bonds is 2. The molecule has 13 heavy (non-hydrogen) atoms. The third-order valence-corrected chi connectivity index (χ3v) is 3.88. The van der Waals surface area contributed by atoms with Crippen molar-refractivity contribution >= 4 is 13.9 Å². The molecule has 0 unspecified atom stereocenters. The van der Waals surface area contributed by atoms with Crippen molar-refractivity contribution in [3.63, 3.8) is 0 Å². The van der Waals surface area contributed by atoms with Gasteiger partial charge in [0.2, 0.25) is 0 Å². The number of hydrogen-bond acceptors (Lipinski definition) is 1. The Hall–Kier alpha value is -0.373. The van der Waals surface area contributed by atoms with Gasteiger partial charge in [0.25, 0.3) is 0 Å². The predicted molar refractivity (Wildman–Crippen MR) is 61.6 cm³/mol. The first-order valence-corrected chi connectivity index (χ1v) is 8.28. The lowest BCUT2D eigenvalue weighted by Gasteiger charge is -2.23. The van der Waals surface area contributed by atoms with Crippen molar-refractivity contribution in [2.24, 2.45) is 5.41 Å². The Balaban J connectivity index is 5.06. The minimum Gasteiger partial charge on any atom is -0.295 e. The van der Waals surface area contributed by atoms with E-state index in [4.69, 9.17) is 0 Å². The molecule has 0 aliphatic heterocycles. The molecular weight excluding hydrogens is 176 g/mol. The smallest absolute Gasteiger partial charge is 0.151 e. The fourth-order valence-electron chi connectivity index (χ4n) is 1.28. The van der Waals surface area contributed by atoms with Crippen LogP contribution in [0.3, 0.4) is 0 Å². The molecule has 0 N–H and O–H groups in total. The van der Waals surface area contributed by atoms with Crippen molar-refractivity contribution in [1.82, 2.24) is 0 Å². The molecule has 0 aliphatic carbocycles. The van der Waals surface area contributed by atoms with E-state index < -0.39 is 8.07 Å². The maximum atomic E-state index is 11.4. The Kier molecular flexibility index (Phi) is 3.68. The van der Waals surface area contributed by atoms with Crippen molar-refractivity contribution in [3.05, 3.63) is 11.3 Å². The van der Waals surface area contributed by atoms with Crippen molar-refractivity contribution in [3.8, 4) is 0 Å². The van der Waals surface area contributed by atoms with Crippen molar-refractivity contribution in [2.45, 2.75) is 47.3 Å². The summed E-state index contributed by atoms with van der Waals surface area (Å²) in [5.41, 5.74) is 0.112. The summed E-state index contributed by atoms with van der Waals surface area (Å²) in [5, 5.41) is 1.07. The fraction of sp³-hybridized carbons (Fsp3) is 0.727. The van der Waals surface area contributed by atoms with E-state index in [1.165, 1.54) is 0 Å². The Labute approximate surface area is 83.2 Å². The highest BCUT2D eigenvalue weighted by Crippen LogP contribution is 2.23. The summed E-state index contributed by atoms with van der Waals surface area (Å²) < 4.78 is 0. The van der Waals surface area contributed by atoms with E-state index in [1.807, 2.05) is 0 Å². The molecule has 0 bridgehead atoms. The van der Waals surface area contributed by atoms with Crippen LogP contribution in [0.5, 0.6) is 0 Å². The Bertz CT molecular complexity index is 225. The fourth-order valence-corrected chi connectivity index (χ4v) is 3.20. The molecule has 0 saturated heterocycles. The molecule has 0 radical (unpaired) electrons. The summed E-state index contributed by atoms with van der Waals surface area (Å²) in [6.07, 6.45) is 2.14. The molecule has 0 rings (SSSR count). The van der Waals surface area contributed by atoms with Crippen LogP contribution in [0.2, 0.25) is 19.6 Å². The summed E-state index contributed by atoms with van der Waals surface area (Å²) in [6, 6.07) is 0. The van der Waals surface area contributed by atoms with Gasteiger partial charge in [0.1, 0.15) is 0 Å². The Morgan fingerprint density at radius 1 is 1.15 bits per heavy atom. The van der Waals surface area contributed by atoms with Crippen LogP contribution in [-0.2, 0) is 4.79 Å². The van der Waals surface area contributed by atoms with Gasteiger partial charge in [-0.3, -0.25) is 4.79 Å². The molecule has 1 nitrogen and oxygen atoms in total. The van der Waals surface area contributed by atoms with Crippen molar-refractivity contribution < 1.29 is 4.79 Å². The van der Waals surface area contributed by atoms with E-state index in [-0.39, 0.29) is 11.2 Å². The summed E-state index contributed by atoms with van der Waals surface area (Å²) in [5.74, 6) is 0.245. The maximum absolute atomic E-state index is 11.4. The molecule has 0 aliphatic rings. The number of carbonyl (C=O) groups excluding carboxylic acids is 1. The van der Waals surface area contributed by atoms with Crippen LogP contribution in [0.25, 0.3) is 0 Å². The van der Waals surface area contributed by atoms with Gasteiger partial charge in [0.15, 0.2) is 5.78 Å². The zero-order valence-electron chi connectivity index (χ0n) is 9.99. The van der Waals surface area contributed by atoms with Crippen molar-refractivity contribution in [1.29, 1.82) is 0 Å². The summed E-state index contributed by atoms with van der Waals surface area (Å²) in [4.78, 5) is 11.4. The number of allylic oxidation sites excluding steroid dienone is 2. The first kappa shape index (κ1) is 12.6. The van der Waals surface area contributed by atoms with Crippen LogP contribution in [0.4, 0.5) is 0 Å². The number of carbonyl (C=O) groups is 1. The van der Waals surface area contributed by atoms with Crippen LogP contribution < -0.4 is 0 Å². The molecule has 0 saturated carbocycles. The summed E-state index contributed by atoms with van der Waals surface area (Å²) >= 11 is 0. The molecule has 0 heterocycles. The van der Waals surface area contributed by atoms with Gasteiger partial charge >= 0.3 is 0 Å².